The van der Waals surface area contributed by atoms with E-state index in [0.717, 1.165) is 0 Å². The smallest absolute Gasteiger partial charge is 0.267 e. The Labute approximate surface area is 106 Å². The van der Waals surface area contributed by atoms with Crippen LogP contribution in [0.3, 0.4) is 0 Å². The van der Waals surface area contributed by atoms with Gasteiger partial charge in [-0.3, -0.25) is 10.2 Å². The Morgan fingerprint density at radius 2 is 2.53 bits per heavy atom. The fourth-order valence-corrected chi connectivity index (χ4v) is 2.09. The molecule has 17 heavy (non-hydrogen) atoms. The summed E-state index contributed by atoms with van der Waals surface area (Å²) in [5.41, 5.74) is 5.17. The maximum Gasteiger partial charge on any atom is 0.267 e. The largest absolute Gasteiger partial charge is 0.385 e. The van der Waals surface area contributed by atoms with E-state index in [4.69, 9.17) is 15.9 Å². The van der Waals surface area contributed by atoms with E-state index in [1.54, 1.807) is 0 Å². The number of aromatic nitrogens is 2. The summed E-state index contributed by atoms with van der Waals surface area (Å²) in [6, 6.07) is 0. The van der Waals surface area contributed by atoms with Gasteiger partial charge in [-0.15, -0.1) is 0 Å². The number of hydrogen-bond acceptors (Lipinski definition) is 5. The van der Waals surface area contributed by atoms with E-state index in [0.29, 0.717) is 30.0 Å². The summed E-state index contributed by atoms with van der Waals surface area (Å²) in [6.45, 7) is 1.48. The molecule has 1 saturated heterocycles. The quantitative estimate of drug-likeness (QED) is 0.512. The van der Waals surface area contributed by atoms with Crippen LogP contribution < -0.4 is 16.2 Å². The Hall–Kier alpha value is -1.41. The van der Waals surface area contributed by atoms with E-state index in [9.17, 15) is 4.79 Å². The van der Waals surface area contributed by atoms with Gasteiger partial charge < -0.3 is 20.4 Å². The summed E-state index contributed by atoms with van der Waals surface area (Å²) in [6.07, 6.45) is 0.900. The number of nitrogens with one attached hydrogen (secondary N) is 2. The summed E-state index contributed by atoms with van der Waals surface area (Å²) in [5, 5.41) is 7.36. The van der Waals surface area contributed by atoms with E-state index in [-0.39, 0.29) is 11.4 Å². The van der Waals surface area contributed by atoms with Crippen molar-refractivity contribution in [2.45, 2.75) is 6.10 Å². The van der Waals surface area contributed by atoms with Gasteiger partial charge in [0, 0.05) is 6.54 Å². The lowest BCUT2D eigenvalue weighted by atomic mass is 10.2. The number of hydrogen-bond donors (Lipinski definition) is 3. The van der Waals surface area contributed by atoms with Crippen molar-refractivity contribution in [1.29, 1.82) is 5.41 Å². The van der Waals surface area contributed by atoms with Crippen LogP contribution in [0.5, 0.6) is 0 Å². The van der Waals surface area contributed by atoms with E-state index >= 15 is 0 Å². The molecule has 8 heteroatoms. The number of halogens is 1. The number of H-pyrrole nitrogens is 1. The summed E-state index contributed by atoms with van der Waals surface area (Å²) < 4.78 is 5.72. The molecule has 2 heterocycles. The molecule has 0 bridgehead atoms. The standard InChI is InChI=1S/C9H12BrN5O2/c10-6-8(13-4-14-9(6)16)15-1-2-17-5(3-15)7(11)12/h4-5H,1-3H2,(H3,11,12)(H,13,14,16). The summed E-state index contributed by atoms with van der Waals surface area (Å²) >= 11 is 3.20. The van der Waals surface area contributed by atoms with Crippen LogP contribution in [0.15, 0.2) is 15.6 Å². The molecule has 0 aliphatic carbocycles. The monoisotopic (exact) mass is 301 g/mol. The van der Waals surface area contributed by atoms with Gasteiger partial charge in [0.25, 0.3) is 5.56 Å². The van der Waals surface area contributed by atoms with Gasteiger partial charge in [-0.25, -0.2) is 4.98 Å². The maximum atomic E-state index is 11.4. The molecule has 0 aromatic carbocycles. The zero-order chi connectivity index (χ0) is 12.4. The lowest BCUT2D eigenvalue weighted by Gasteiger charge is -2.33. The van der Waals surface area contributed by atoms with Crippen molar-refractivity contribution in [3.8, 4) is 0 Å². The maximum absolute atomic E-state index is 11.4. The van der Waals surface area contributed by atoms with Crippen LogP contribution in [0, 0.1) is 5.41 Å². The Kier molecular flexibility index (Phi) is 3.43. The molecule has 92 valence electrons. The van der Waals surface area contributed by atoms with E-state index < -0.39 is 6.10 Å². The van der Waals surface area contributed by atoms with E-state index in [1.165, 1.54) is 6.33 Å². The van der Waals surface area contributed by atoms with Gasteiger partial charge in [0.15, 0.2) is 5.82 Å². The molecule has 2 rings (SSSR count). The third kappa shape index (κ3) is 2.47. The summed E-state index contributed by atoms with van der Waals surface area (Å²) in [4.78, 5) is 19.9. The van der Waals surface area contributed by atoms with Gasteiger partial charge in [-0.2, -0.15) is 0 Å². The lowest BCUT2D eigenvalue weighted by Crippen LogP contribution is -2.48. The lowest BCUT2D eigenvalue weighted by molar-refractivity contribution is 0.0822. The molecule has 1 fully saturated rings. The van der Waals surface area contributed by atoms with Gasteiger partial charge in [-0.05, 0) is 15.9 Å². The second kappa shape index (κ2) is 4.84. The highest BCUT2D eigenvalue weighted by molar-refractivity contribution is 9.10. The molecular formula is C9H12BrN5O2. The van der Waals surface area contributed by atoms with Gasteiger partial charge >= 0.3 is 0 Å². The average molecular weight is 302 g/mol. The first kappa shape index (κ1) is 12.1. The third-order valence-electron chi connectivity index (χ3n) is 2.49. The third-order valence-corrected chi connectivity index (χ3v) is 3.21. The molecule has 0 saturated carbocycles. The number of nitrogens with two attached hydrogens (primary N) is 1. The van der Waals surface area contributed by atoms with Crippen LogP contribution in [0.25, 0.3) is 0 Å². The number of anilines is 1. The van der Waals surface area contributed by atoms with Crippen molar-refractivity contribution in [2.75, 3.05) is 24.6 Å². The van der Waals surface area contributed by atoms with Gasteiger partial charge in [0.1, 0.15) is 16.4 Å². The van der Waals surface area contributed by atoms with Crippen LogP contribution >= 0.6 is 15.9 Å². The van der Waals surface area contributed by atoms with Gasteiger partial charge in [-0.1, -0.05) is 0 Å². The summed E-state index contributed by atoms with van der Waals surface area (Å²) in [7, 11) is 0. The second-order valence-electron chi connectivity index (χ2n) is 3.63. The first-order valence-electron chi connectivity index (χ1n) is 5.03. The highest BCUT2D eigenvalue weighted by atomic mass is 79.9. The molecule has 1 aromatic heterocycles. The highest BCUT2D eigenvalue weighted by Gasteiger charge is 2.25. The predicted molar refractivity (Wildman–Crippen MR) is 66.4 cm³/mol. The molecule has 0 spiro atoms. The molecule has 0 amide bonds. The van der Waals surface area contributed by atoms with Crippen LogP contribution in [0.2, 0.25) is 0 Å². The van der Waals surface area contributed by atoms with Crippen LogP contribution in [0.4, 0.5) is 5.82 Å². The summed E-state index contributed by atoms with van der Waals surface area (Å²) in [5.74, 6) is 0.527. The molecule has 1 aliphatic rings. The zero-order valence-corrected chi connectivity index (χ0v) is 10.5. The van der Waals surface area contributed by atoms with Gasteiger partial charge in [0.2, 0.25) is 0 Å². The number of rotatable bonds is 2. The fraction of sp³-hybridized carbons (Fsp3) is 0.444. The Morgan fingerprint density at radius 1 is 1.76 bits per heavy atom. The molecule has 4 N–H and O–H groups in total. The minimum absolute atomic E-state index is 0.0179. The second-order valence-corrected chi connectivity index (χ2v) is 4.42. The molecule has 1 atom stereocenters. The molecule has 1 aliphatic heterocycles. The van der Waals surface area contributed by atoms with Crippen molar-refractivity contribution >= 4 is 27.6 Å². The van der Waals surface area contributed by atoms with Crippen LogP contribution in [0.1, 0.15) is 0 Å². The normalized spacial score (nSPS) is 20.3. The molecule has 1 aromatic rings. The predicted octanol–water partition coefficient (Wildman–Crippen LogP) is -0.326. The SMILES string of the molecule is N=C(N)C1CN(c2nc[nH]c(=O)c2Br)CCO1. The molecule has 1 unspecified atom stereocenters. The van der Waals surface area contributed by atoms with Crippen LogP contribution in [-0.4, -0.2) is 41.6 Å². The Morgan fingerprint density at radius 3 is 3.24 bits per heavy atom. The Bertz CT molecular complexity index is 489. The number of nitrogens with zero attached hydrogens (tertiary/aromatic N) is 2. The molecule has 7 nitrogen and oxygen atoms in total. The van der Waals surface area contributed by atoms with Crippen molar-refractivity contribution in [3.63, 3.8) is 0 Å². The first-order valence-corrected chi connectivity index (χ1v) is 5.82. The minimum Gasteiger partial charge on any atom is -0.385 e. The number of amidine groups is 1. The number of aromatic amines is 1. The Balaban J connectivity index is 2.25. The van der Waals surface area contributed by atoms with Crippen molar-refractivity contribution in [3.05, 3.63) is 21.2 Å². The first-order chi connectivity index (χ1) is 8.09. The van der Waals surface area contributed by atoms with Crippen molar-refractivity contribution < 1.29 is 4.74 Å². The van der Waals surface area contributed by atoms with Gasteiger partial charge in [0.05, 0.1) is 19.5 Å². The topological polar surface area (TPSA) is 108 Å². The zero-order valence-electron chi connectivity index (χ0n) is 8.94. The van der Waals surface area contributed by atoms with Crippen LogP contribution in [-0.2, 0) is 4.74 Å². The highest BCUT2D eigenvalue weighted by Crippen LogP contribution is 2.21. The molecule has 0 radical (unpaired) electrons. The van der Waals surface area contributed by atoms with E-state index in [2.05, 4.69) is 25.9 Å². The van der Waals surface area contributed by atoms with E-state index in [1.807, 2.05) is 4.90 Å². The minimum atomic E-state index is -0.447. The van der Waals surface area contributed by atoms with Crippen molar-refractivity contribution in [2.24, 2.45) is 5.73 Å². The number of morpholine rings is 1. The molecular weight excluding hydrogens is 290 g/mol. The van der Waals surface area contributed by atoms with Crippen molar-refractivity contribution in [1.82, 2.24) is 9.97 Å². The number of ether oxygens (including phenoxy) is 1. The average Bonchev–Trinajstić information content (AvgIpc) is 2.33. The fourth-order valence-electron chi connectivity index (χ4n) is 1.62.